The van der Waals surface area contributed by atoms with Crippen molar-refractivity contribution in [3.05, 3.63) is 211 Å². The van der Waals surface area contributed by atoms with Crippen LogP contribution in [0.25, 0.3) is 87.5 Å². The van der Waals surface area contributed by atoms with Crippen molar-refractivity contribution >= 4 is 31.5 Å². The lowest BCUT2D eigenvalue weighted by Crippen LogP contribution is -2.29. The molecule has 1 unspecified atom stereocenters. The summed E-state index contributed by atoms with van der Waals surface area (Å²) in [5, 5.41) is 2.63. The van der Waals surface area contributed by atoms with Gasteiger partial charge in [0.2, 0.25) is 0 Å². The smallest absolute Gasteiger partial charge is 0.160 e. The Kier molecular flexibility index (Phi) is 6.72. The summed E-state index contributed by atoms with van der Waals surface area (Å²) in [5.74, 6) is 0.686. The van der Waals surface area contributed by atoms with Crippen molar-refractivity contribution in [1.82, 2.24) is 15.0 Å². The summed E-state index contributed by atoms with van der Waals surface area (Å²) < 4.78 is 2.66. The van der Waals surface area contributed by atoms with E-state index in [4.69, 9.17) is 9.97 Å². The van der Waals surface area contributed by atoms with Crippen molar-refractivity contribution in [1.29, 1.82) is 0 Å². The van der Waals surface area contributed by atoms with Crippen LogP contribution in [0.1, 0.15) is 22.3 Å². The fourth-order valence-corrected chi connectivity index (χ4v) is 10.8. The molecular weight excluding hydrogens is 699 g/mol. The van der Waals surface area contributed by atoms with Gasteiger partial charge in [-0.1, -0.05) is 146 Å². The summed E-state index contributed by atoms with van der Waals surface area (Å²) in [6.07, 6.45) is 3.68. The van der Waals surface area contributed by atoms with E-state index in [1.54, 1.807) is 6.20 Å². The number of benzene rings is 7. The average molecular weight is 730 g/mol. The Morgan fingerprint density at radius 2 is 1.05 bits per heavy atom. The van der Waals surface area contributed by atoms with Crippen LogP contribution in [0, 0.1) is 0 Å². The first kappa shape index (κ1) is 31.4. The van der Waals surface area contributed by atoms with Gasteiger partial charge in [0.25, 0.3) is 0 Å². The van der Waals surface area contributed by atoms with E-state index in [-0.39, 0.29) is 0 Å². The number of pyridine rings is 1. The third-order valence-corrected chi connectivity index (χ3v) is 13.0. The second-order valence-electron chi connectivity index (χ2n) is 14.7. The molecule has 3 aromatic heterocycles. The number of nitrogens with zero attached hydrogens (tertiary/aromatic N) is 3. The maximum atomic E-state index is 5.30. The van der Waals surface area contributed by atoms with Crippen LogP contribution in [0.15, 0.2) is 188 Å². The lowest BCUT2D eigenvalue weighted by molar-refractivity contribution is 0.776. The van der Waals surface area contributed by atoms with Gasteiger partial charge in [-0.25, -0.2) is 9.97 Å². The largest absolute Gasteiger partial charge is 0.264 e. The van der Waals surface area contributed by atoms with E-state index in [9.17, 15) is 0 Å². The SMILES string of the molecule is c1ccc(-c2nc(-c3cccnc3)cc(-c3ccc4c(c3)C3(c5ccccc5-c5ccccc5-4)c4ccccc4-c4c3ccc3c4sc4ccccc43)n2)cc1. The molecular formula is C52H31N3S. The van der Waals surface area contributed by atoms with Crippen LogP contribution in [0.3, 0.4) is 0 Å². The first-order chi connectivity index (χ1) is 27.8. The molecule has 0 bridgehead atoms. The Hall–Kier alpha value is -7.01. The van der Waals surface area contributed by atoms with Crippen molar-refractivity contribution in [3.63, 3.8) is 0 Å². The first-order valence-electron chi connectivity index (χ1n) is 19.0. The van der Waals surface area contributed by atoms with Crippen molar-refractivity contribution < 1.29 is 0 Å². The van der Waals surface area contributed by atoms with Crippen molar-refractivity contribution in [2.45, 2.75) is 5.41 Å². The van der Waals surface area contributed by atoms with Crippen LogP contribution in [0.4, 0.5) is 0 Å². The standard InChI is InChI=1S/C52H31N3S/c1-2-13-32(14-3-1)51-54-46(30-47(55-51)34-15-12-28-53-31-34)33-24-25-38-36-17-5-4-16-35(36)37-18-6-9-21-42(37)52(45(38)29-33)43-22-10-7-20-41(43)49-44(52)27-26-40-39-19-8-11-23-48(39)56-50(40)49/h1-31H. The van der Waals surface area contributed by atoms with Gasteiger partial charge in [-0.15, -0.1) is 11.3 Å². The van der Waals surface area contributed by atoms with E-state index < -0.39 is 5.41 Å². The summed E-state index contributed by atoms with van der Waals surface area (Å²) in [7, 11) is 0. The molecule has 0 saturated heterocycles. The number of rotatable bonds is 3. The molecule has 0 amide bonds. The predicted molar refractivity (Wildman–Crippen MR) is 231 cm³/mol. The maximum absolute atomic E-state index is 5.30. The van der Waals surface area contributed by atoms with E-state index >= 15 is 0 Å². The minimum Gasteiger partial charge on any atom is -0.264 e. The second-order valence-corrected chi connectivity index (χ2v) is 15.7. The Morgan fingerprint density at radius 1 is 0.411 bits per heavy atom. The van der Waals surface area contributed by atoms with Crippen molar-refractivity contribution in [2.24, 2.45) is 0 Å². The Balaban J connectivity index is 1.22. The number of thiophene rings is 1. The van der Waals surface area contributed by atoms with E-state index in [0.29, 0.717) is 5.82 Å². The number of hydrogen-bond acceptors (Lipinski definition) is 4. The van der Waals surface area contributed by atoms with Gasteiger partial charge >= 0.3 is 0 Å². The Morgan fingerprint density at radius 3 is 1.84 bits per heavy atom. The molecule has 12 rings (SSSR count). The molecule has 56 heavy (non-hydrogen) atoms. The molecule has 1 atom stereocenters. The minimum atomic E-state index is -0.612. The van der Waals surface area contributed by atoms with Crippen LogP contribution in [0.2, 0.25) is 0 Å². The third-order valence-electron chi connectivity index (χ3n) is 11.8. The molecule has 0 N–H and O–H groups in total. The van der Waals surface area contributed by atoms with Crippen LogP contribution in [-0.2, 0) is 5.41 Å². The molecule has 0 radical (unpaired) electrons. The predicted octanol–water partition coefficient (Wildman–Crippen LogP) is 13.3. The third kappa shape index (κ3) is 4.36. The topological polar surface area (TPSA) is 38.7 Å². The molecule has 7 aromatic carbocycles. The fraction of sp³-hybridized carbons (Fsp3) is 0.0192. The van der Waals surface area contributed by atoms with Crippen LogP contribution in [-0.4, -0.2) is 15.0 Å². The van der Waals surface area contributed by atoms with E-state index in [0.717, 1.165) is 28.1 Å². The zero-order chi connectivity index (χ0) is 36.8. The van der Waals surface area contributed by atoms with Gasteiger partial charge in [0.1, 0.15) is 0 Å². The highest BCUT2D eigenvalue weighted by Crippen LogP contribution is 2.63. The number of hydrogen-bond donors (Lipinski definition) is 0. The van der Waals surface area contributed by atoms with Gasteiger partial charge in [-0.3, -0.25) is 4.98 Å². The second kappa shape index (κ2) is 12.0. The van der Waals surface area contributed by atoms with E-state index in [2.05, 4.69) is 157 Å². The van der Waals surface area contributed by atoms with Crippen LogP contribution >= 0.6 is 11.3 Å². The molecule has 4 heteroatoms. The number of fused-ring (bicyclic) bond motifs is 16. The fourth-order valence-electron chi connectivity index (χ4n) is 9.49. The normalized spacial score (nSPS) is 14.9. The van der Waals surface area contributed by atoms with Gasteiger partial charge in [0.15, 0.2) is 5.82 Å². The van der Waals surface area contributed by atoms with Gasteiger partial charge < -0.3 is 0 Å². The van der Waals surface area contributed by atoms with E-state index in [1.165, 1.54) is 75.8 Å². The number of aromatic nitrogens is 3. The van der Waals surface area contributed by atoms with Crippen molar-refractivity contribution in [3.8, 4) is 67.3 Å². The lowest BCUT2D eigenvalue weighted by Gasteiger charge is -2.35. The molecule has 1 spiro atoms. The van der Waals surface area contributed by atoms with Gasteiger partial charge in [-0.05, 0) is 80.4 Å². The molecule has 2 aliphatic carbocycles. The first-order valence-corrected chi connectivity index (χ1v) is 19.8. The maximum Gasteiger partial charge on any atom is 0.160 e. The Labute approximate surface area is 328 Å². The zero-order valence-electron chi connectivity index (χ0n) is 30.1. The highest BCUT2D eigenvalue weighted by molar-refractivity contribution is 7.26. The van der Waals surface area contributed by atoms with Crippen LogP contribution in [0.5, 0.6) is 0 Å². The summed E-state index contributed by atoms with van der Waals surface area (Å²) >= 11 is 1.91. The zero-order valence-corrected chi connectivity index (χ0v) is 31.0. The molecule has 10 aromatic rings. The summed E-state index contributed by atoms with van der Waals surface area (Å²) in [6, 6.07) is 64.2. The Bertz CT molecular complexity index is 3140. The summed E-state index contributed by atoms with van der Waals surface area (Å²) in [6.45, 7) is 0. The van der Waals surface area contributed by atoms with E-state index in [1.807, 2.05) is 41.8 Å². The average Bonchev–Trinajstić information content (AvgIpc) is 3.77. The molecule has 260 valence electrons. The van der Waals surface area contributed by atoms with Gasteiger partial charge in [0.05, 0.1) is 16.8 Å². The molecule has 2 aliphatic rings. The molecule has 0 aliphatic heterocycles. The lowest BCUT2D eigenvalue weighted by atomic mass is 9.65. The van der Waals surface area contributed by atoms with Crippen molar-refractivity contribution in [2.75, 3.05) is 0 Å². The van der Waals surface area contributed by atoms with Gasteiger partial charge in [-0.2, -0.15) is 0 Å². The molecule has 0 saturated carbocycles. The molecule has 3 nitrogen and oxygen atoms in total. The van der Waals surface area contributed by atoms with Gasteiger partial charge in [0, 0.05) is 54.8 Å². The summed E-state index contributed by atoms with van der Waals surface area (Å²) in [5.41, 5.74) is 16.8. The summed E-state index contributed by atoms with van der Waals surface area (Å²) in [4.78, 5) is 14.8. The molecule has 0 fully saturated rings. The van der Waals surface area contributed by atoms with Crippen LogP contribution < -0.4 is 0 Å². The highest BCUT2D eigenvalue weighted by atomic mass is 32.1. The monoisotopic (exact) mass is 729 g/mol. The quantitative estimate of drug-likeness (QED) is 0.182. The molecule has 3 heterocycles. The minimum absolute atomic E-state index is 0.612. The highest BCUT2D eigenvalue weighted by Gasteiger charge is 2.50.